The first-order chi connectivity index (χ1) is 12.5. The lowest BCUT2D eigenvalue weighted by atomic mass is 10.2. The summed E-state index contributed by atoms with van der Waals surface area (Å²) in [5, 5.41) is 4.00. The van der Waals surface area contributed by atoms with Crippen LogP contribution >= 0.6 is 43.5 Å². The molecule has 0 aliphatic rings. The third-order valence-electron chi connectivity index (χ3n) is 3.71. The zero-order valence-electron chi connectivity index (χ0n) is 13.6. The average Bonchev–Trinajstić information content (AvgIpc) is 2.62. The number of para-hydroxylation sites is 1. The SMILES string of the molecule is Fc1ccc(COc2c(Br)cc(CNc3ccccc3Cl)cc2Br)cc1. The molecule has 134 valence electrons. The van der Waals surface area contributed by atoms with Crippen molar-refractivity contribution in [2.24, 2.45) is 0 Å². The number of rotatable bonds is 6. The van der Waals surface area contributed by atoms with Crippen molar-refractivity contribution in [2.75, 3.05) is 5.32 Å². The van der Waals surface area contributed by atoms with Gasteiger partial charge in [-0.15, -0.1) is 0 Å². The molecule has 0 aliphatic carbocycles. The normalized spacial score (nSPS) is 10.6. The highest BCUT2D eigenvalue weighted by Gasteiger charge is 2.10. The maximum Gasteiger partial charge on any atom is 0.148 e. The number of anilines is 1. The van der Waals surface area contributed by atoms with Gasteiger partial charge < -0.3 is 10.1 Å². The van der Waals surface area contributed by atoms with E-state index in [1.165, 1.54) is 12.1 Å². The third kappa shape index (κ3) is 5.00. The van der Waals surface area contributed by atoms with Crippen LogP contribution in [0.25, 0.3) is 0 Å². The minimum absolute atomic E-state index is 0.258. The zero-order chi connectivity index (χ0) is 18.5. The Bertz CT molecular complexity index is 880. The molecule has 0 heterocycles. The predicted molar refractivity (Wildman–Crippen MR) is 111 cm³/mol. The Morgan fingerprint density at radius 2 is 1.58 bits per heavy atom. The lowest BCUT2D eigenvalue weighted by Gasteiger charge is -2.14. The molecule has 2 nitrogen and oxygen atoms in total. The minimum atomic E-state index is -0.258. The van der Waals surface area contributed by atoms with E-state index in [0.29, 0.717) is 23.9 Å². The summed E-state index contributed by atoms with van der Waals surface area (Å²) in [5.74, 6) is 0.447. The molecular formula is C20H15Br2ClFNO. The molecule has 3 rings (SSSR count). The van der Waals surface area contributed by atoms with Gasteiger partial charge in [-0.05, 0) is 79.4 Å². The summed E-state index contributed by atoms with van der Waals surface area (Å²) >= 11 is 13.3. The fourth-order valence-electron chi connectivity index (χ4n) is 2.39. The van der Waals surface area contributed by atoms with Crippen molar-refractivity contribution in [1.82, 2.24) is 0 Å². The fourth-order valence-corrected chi connectivity index (χ4v) is 4.10. The van der Waals surface area contributed by atoms with Gasteiger partial charge in [0.15, 0.2) is 0 Å². The van der Waals surface area contributed by atoms with Crippen LogP contribution in [0.3, 0.4) is 0 Å². The summed E-state index contributed by atoms with van der Waals surface area (Å²) in [6.45, 7) is 0.980. The van der Waals surface area contributed by atoms with Gasteiger partial charge in [-0.1, -0.05) is 35.9 Å². The van der Waals surface area contributed by atoms with E-state index in [1.54, 1.807) is 12.1 Å². The van der Waals surface area contributed by atoms with Crippen LogP contribution in [0.5, 0.6) is 5.75 Å². The molecule has 0 bridgehead atoms. The predicted octanol–water partition coefficient (Wildman–Crippen LogP) is 7.20. The topological polar surface area (TPSA) is 21.3 Å². The molecule has 0 spiro atoms. The largest absolute Gasteiger partial charge is 0.487 e. The first-order valence-electron chi connectivity index (χ1n) is 7.86. The molecule has 0 unspecified atom stereocenters. The van der Waals surface area contributed by atoms with Gasteiger partial charge in [-0.3, -0.25) is 0 Å². The van der Waals surface area contributed by atoms with E-state index in [1.807, 2.05) is 36.4 Å². The molecule has 1 N–H and O–H groups in total. The van der Waals surface area contributed by atoms with E-state index < -0.39 is 0 Å². The van der Waals surface area contributed by atoms with E-state index in [4.69, 9.17) is 16.3 Å². The Labute approximate surface area is 173 Å². The molecule has 0 radical (unpaired) electrons. The Balaban J connectivity index is 1.67. The first kappa shape index (κ1) is 19.2. The number of halogens is 4. The van der Waals surface area contributed by atoms with Crippen molar-refractivity contribution in [3.8, 4) is 5.75 Å². The minimum Gasteiger partial charge on any atom is -0.487 e. The molecule has 0 aliphatic heterocycles. The lowest BCUT2D eigenvalue weighted by molar-refractivity contribution is 0.302. The van der Waals surface area contributed by atoms with Crippen molar-refractivity contribution in [3.05, 3.63) is 91.6 Å². The molecule has 0 amide bonds. The van der Waals surface area contributed by atoms with Crippen molar-refractivity contribution in [3.63, 3.8) is 0 Å². The molecule has 0 aromatic heterocycles. The van der Waals surface area contributed by atoms with Crippen LogP contribution in [-0.2, 0) is 13.2 Å². The van der Waals surface area contributed by atoms with E-state index in [9.17, 15) is 4.39 Å². The zero-order valence-corrected chi connectivity index (χ0v) is 17.5. The van der Waals surface area contributed by atoms with Crippen LogP contribution < -0.4 is 10.1 Å². The number of ether oxygens (including phenoxy) is 1. The number of benzene rings is 3. The molecular weight excluding hydrogens is 484 g/mol. The number of nitrogens with one attached hydrogen (secondary N) is 1. The molecule has 3 aromatic rings. The van der Waals surface area contributed by atoms with Crippen LogP contribution in [0.4, 0.5) is 10.1 Å². The Hall–Kier alpha value is -1.56. The Morgan fingerprint density at radius 1 is 0.923 bits per heavy atom. The van der Waals surface area contributed by atoms with Crippen LogP contribution in [0.2, 0.25) is 5.02 Å². The average molecular weight is 500 g/mol. The van der Waals surface area contributed by atoms with E-state index in [0.717, 1.165) is 25.8 Å². The summed E-state index contributed by atoms with van der Waals surface area (Å²) in [6, 6.07) is 17.9. The highest BCUT2D eigenvalue weighted by molar-refractivity contribution is 9.11. The second kappa shape index (κ2) is 8.89. The quantitative estimate of drug-likeness (QED) is 0.387. The van der Waals surface area contributed by atoms with Gasteiger partial charge in [0.25, 0.3) is 0 Å². The van der Waals surface area contributed by atoms with Gasteiger partial charge in [0.2, 0.25) is 0 Å². The Kier molecular flexibility index (Phi) is 6.57. The number of hydrogen-bond donors (Lipinski definition) is 1. The smallest absolute Gasteiger partial charge is 0.148 e. The van der Waals surface area contributed by atoms with Gasteiger partial charge in [-0.2, -0.15) is 0 Å². The summed E-state index contributed by atoms with van der Waals surface area (Å²) in [7, 11) is 0. The molecule has 6 heteroatoms. The van der Waals surface area contributed by atoms with Crippen LogP contribution in [-0.4, -0.2) is 0 Å². The van der Waals surface area contributed by atoms with E-state index >= 15 is 0 Å². The standard InChI is InChI=1S/C20H15Br2ClFNO/c21-16-9-14(11-25-19-4-2-1-3-18(19)23)10-17(22)20(16)26-12-13-5-7-15(24)8-6-13/h1-10,25H,11-12H2. The maximum absolute atomic E-state index is 13.0. The summed E-state index contributed by atoms with van der Waals surface area (Å²) in [4.78, 5) is 0. The third-order valence-corrected chi connectivity index (χ3v) is 5.22. The van der Waals surface area contributed by atoms with Gasteiger partial charge in [0.05, 0.1) is 19.7 Å². The monoisotopic (exact) mass is 497 g/mol. The molecule has 0 atom stereocenters. The molecule has 0 saturated heterocycles. The fraction of sp³-hybridized carbons (Fsp3) is 0.100. The van der Waals surface area contributed by atoms with Crippen molar-refractivity contribution in [1.29, 1.82) is 0 Å². The van der Waals surface area contributed by atoms with Gasteiger partial charge in [0.1, 0.15) is 18.2 Å². The van der Waals surface area contributed by atoms with Gasteiger partial charge >= 0.3 is 0 Å². The summed E-state index contributed by atoms with van der Waals surface area (Å²) in [6.07, 6.45) is 0. The molecule has 0 fully saturated rings. The molecule has 0 saturated carbocycles. The molecule has 3 aromatic carbocycles. The summed E-state index contributed by atoms with van der Waals surface area (Å²) < 4.78 is 20.5. The second-order valence-electron chi connectivity index (χ2n) is 5.64. The van der Waals surface area contributed by atoms with Gasteiger partial charge in [-0.25, -0.2) is 4.39 Å². The van der Waals surface area contributed by atoms with E-state index in [2.05, 4.69) is 37.2 Å². The summed E-state index contributed by atoms with van der Waals surface area (Å²) in [5.41, 5.74) is 2.85. The first-order valence-corrected chi connectivity index (χ1v) is 9.83. The Morgan fingerprint density at radius 3 is 2.23 bits per heavy atom. The highest BCUT2D eigenvalue weighted by Crippen LogP contribution is 2.35. The highest BCUT2D eigenvalue weighted by atomic mass is 79.9. The lowest BCUT2D eigenvalue weighted by Crippen LogP contribution is -2.02. The van der Waals surface area contributed by atoms with Crippen molar-refractivity contribution in [2.45, 2.75) is 13.2 Å². The molecule has 26 heavy (non-hydrogen) atoms. The van der Waals surface area contributed by atoms with Crippen LogP contribution in [0, 0.1) is 5.82 Å². The van der Waals surface area contributed by atoms with Gasteiger partial charge in [0, 0.05) is 6.54 Å². The maximum atomic E-state index is 13.0. The van der Waals surface area contributed by atoms with Crippen LogP contribution in [0.15, 0.2) is 69.6 Å². The second-order valence-corrected chi connectivity index (χ2v) is 7.75. The van der Waals surface area contributed by atoms with Crippen LogP contribution in [0.1, 0.15) is 11.1 Å². The van der Waals surface area contributed by atoms with Crippen molar-refractivity contribution < 1.29 is 9.13 Å². The van der Waals surface area contributed by atoms with E-state index in [-0.39, 0.29) is 5.82 Å². The number of hydrogen-bond acceptors (Lipinski definition) is 2. The van der Waals surface area contributed by atoms with Crippen molar-refractivity contribution >= 4 is 49.1 Å².